The lowest BCUT2D eigenvalue weighted by Gasteiger charge is -2.32. The van der Waals surface area contributed by atoms with Crippen LogP contribution in [0.2, 0.25) is 0 Å². The van der Waals surface area contributed by atoms with Gasteiger partial charge >= 0.3 is 0 Å². The molecule has 7 nitrogen and oxygen atoms in total. The van der Waals surface area contributed by atoms with Crippen LogP contribution in [0.15, 0.2) is 12.4 Å². The molecule has 1 aliphatic heterocycles. The van der Waals surface area contributed by atoms with Gasteiger partial charge in [0.05, 0.1) is 5.69 Å². The maximum Gasteiger partial charge on any atom is 0.276 e. The smallest absolute Gasteiger partial charge is 0.276 e. The molecular weight excluding hydrogens is 268 g/mol. The Labute approximate surface area is 123 Å². The highest BCUT2D eigenvalue weighted by Crippen LogP contribution is 2.20. The lowest BCUT2D eigenvalue weighted by atomic mass is 9.97. The van der Waals surface area contributed by atoms with Gasteiger partial charge in [0, 0.05) is 32.0 Å². The summed E-state index contributed by atoms with van der Waals surface area (Å²) in [7, 11) is 0. The van der Waals surface area contributed by atoms with E-state index in [4.69, 9.17) is 0 Å². The number of hydrogen-bond acceptors (Lipinski definition) is 4. The van der Waals surface area contributed by atoms with Gasteiger partial charge in [-0.1, -0.05) is 0 Å². The van der Waals surface area contributed by atoms with Gasteiger partial charge < -0.3 is 9.47 Å². The van der Waals surface area contributed by atoms with E-state index in [0.717, 1.165) is 38.3 Å². The number of H-pyrrole nitrogens is 1. The Hall–Kier alpha value is -2.18. The monoisotopic (exact) mass is 288 g/mol. The molecule has 0 unspecified atom stereocenters. The average Bonchev–Trinajstić information content (AvgIpc) is 3.08. The SMILES string of the molecule is Cc1n[nH]nc1C(=O)N1CCC[C@H](Cn2ccnc2C)C1. The van der Waals surface area contributed by atoms with E-state index in [1.807, 2.05) is 24.2 Å². The number of nitrogens with one attached hydrogen (secondary N) is 1. The maximum atomic E-state index is 12.5. The number of carbonyl (C=O) groups is 1. The van der Waals surface area contributed by atoms with Gasteiger partial charge in [-0.05, 0) is 32.6 Å². The number of likely N-dealkylation sites (tertiary alicyclic amines) is 1. The van der Waals surface area contributed by atoms with Crippen molar-refractivity contribution in [2.24, 2.45) is 5.92 Å². The Bertz CT molecular complexity index is 631. The minimum Gasteiger partial charge on any atom is -0.337 e. The van der Waals surface area contributed by atoms with E-state index in [1.54, 1.807) is 6.92 Å². The third-order valence-electron chi connectivity index (χ3n) is 4.11. The third-order valence-corrected chi connectivity index (χ3v) is 4.11. The van der Waals surface area contributed by atoms with Crippen LogP contribution in [0.5, 0.6) is 0 Å². The number of carbonyl (C=O) groups excluding carboxylic acids is 1. The average molecular weight is 288 g/mol. The van der Waals surface area contributed by atoms with Gasteiger partial charge in [-0.25, -0.2) is 4.98 Å². The van der Waals surface area contributed by atoms with E-state index in [2.05, 4.69) is 25.0 Å². The molecule has 0 bridgehead atoms. The van der Waals surface area contributed by atoms with Gasteiger partial charge in [-0.3, -0.25) is 4.79 Å². The molecule has 1 N–H and O–H groups in total. The molecule has 0 aliphatic carbocycles. The second-order valence-corrected chi connectivity index (χ2v) is 5.64. The van der Waals surface area contributed by atoms with Crippen molar-refractivity contribution < 1.29 is 4.79 Å². The molecule has 0 aromatic carbocycles. The van der Waals surface area contributed by atoms with Crippen LogP contribution in [-0.2, 0) is 6.54 Å². The fourth-order valence-electron chi connectivity index (χ4n) is 2.91. The number of nitrogens with zero attached hydrogens (tertiary/aromatic N) is 5. The first-order valence-electron chi connectivity index (χ1n) is 7.29. The van der Waals surface area contributed by atoms with Crippen LogP contribution in [0.25, 0.3) is 0 Å². The van der Waals surface area contributed by atoms with Crippen molar-refractivity contribution in [1.82, 2.24) is 29.9 Å². The minimum absolute atomic E-state index is 0.0201. The quantitative estimate of drug-likeness (QED) is 0.919. The molecule has 3 rings (SSSR count). The lowest BCUT2D eigenvalue weighted by Crippen LogP contribution is -2.41. The van der Waals surface area contributed by atoms with Crippen molar-refractivity contribution in [3.8, 4) is 0 Å². The summed E-state index contributed by atoms with van der Waals surface area (Å²) in [6.45, 7) is 6.28. The normalized spacial score (nSPS) is 19.0. The first kappa shape index (κ1) is 13.8. The van der Waals surface area contributed by atoms with Gasteiger partial charge in [0.25, 0.3) is 5.91 Å². The standard InChI is InChI=1S/C14H20N6O/c1-10-13(17-18-16-10)14(21)20-6-3-4-12(9-20)8-19-7-5-15-11(19)2/h5,7,12H,3-4,6,8-9H2,1-2H3,(H,16,17,18)/t12-/m1/s1. The molecule has 21 heavy (non-hydrogen) atoms. The van der Waals surface area contributed by atoms with Crippen LogP contribution < -0.4 is 0 Å². The molecule has 1 atom stereocenters. The minimum atomic E-state index is -0.0201. The summed E-state index contributed by atoms with van der Waals surface area (Å²) in [5, 5.41) is 10.4. The topological polar surface area (TPSA) is 79.7 Å². The second-order valence-electron chi connectivity index (χ2n) is 5.64. The molecular formula is C14H20N6O. The predicted octanol–water partition coefficient (Wildman–Crippen LogP) is 1.17. The second kappa shape index (κ2) is 5.67. The Balaban J connectivity index is 1.67. The van der Waals surface area contributed by atoms with Crippen LogP contribution in [0, 0.1) is 19.8 Å². The van der Waals surface area contributed by atoms with Crippen molar-refractivity contribution in [3.63, 3.8) is 0 Å². The summed E-state index contributed by atoms with van der Waals surface area (Å²) < 4.78 is 2.15. The van der Waals surface area contributed by atoms with E-state index in [-0.39, 0.29) is 5.91 Å². The van der Waals surface area contributed by atoms with Crippen molar-refractivity contribution in [2.75, 3.05) is 13.1 Å². The van der Waals surface area contributed by atoms with Gasteiger partial charge in [0.2, 0.25) is 0 Å². The molecule has 1 saturated heterocycles. The molecule has 0 saturated carbocycles. The summed E-state index contributed by atoms with van der Waals surface area (Å²) in [6, 6.07) is 0. The molecule has 0 radical (unpaired) electrons. The van der Waals surface area contributed by atoms with Crippen molar-refractivity contribution in [2.45, 2.75) is 33.2 Å². The highest BCUT2D eigenvalue weighted by atomic mass is 16.2. The summed E-state index contributed by atoms with van der Waals surface area (Å²) >= 11 is 0. The maximum absolute atomic E-state index is 12.5. The molecule has 0 spiro atoms. The molecule has 1 aliphatic rings. The molecule has 3 heterocycles. The zero-order valence-electron chi connectivity index (χ0n) is 12.4. The number of aryl methyl sites for hydroxylation is 2. The fraction of sp³-hybridized carbons (Fsp3) is 0.571. The lowest BCUT2D eigenvalue weighted by molar-refractivity contribution is 0.0655. The number of rotatable bonds is 3. The first-order chi connectivity index (χ1) is 10.1. The van der Waals surface area contributed by atoms with Gasteiger partial charge in [0.15, 0.2) is 5.69 Å². The fourth-order valence-corrected chi connectivity index (χ4v) is 2.91. The van der Waals surface area contributed by atoms with Crippen molar-refractivity contribution in [1.29, 1.82) is 0 Å². The highest BCUT2D eigenvalue weighted by molar-refractivity contribution is 5.93. The Morgan fingerprint density at radius 3 is 2.95 bits per heavy atom. The summed E-state index contributed by atoms with van der Waals surface area (Å²) in [5.41, 5.74) is 1.10. The highest BCUT2D eigenvalue weighted by Gasteiger charge is 2.27. The number of hydrogen-bond donors (Lipinski definition) is 1. The summed E-state index contributed by atoms with van der Waals surface area (Å²) in [4.78, 5) is 18.6. The number of aromatic nitrogens is 5. The van der Waals surface area contributed by atoms with Crippen LogP contribution in [-0.4, -0.2) is 48.9 Å². The van der Waals surface area contributed by atoms with Gasteiger partial charge in [0.1, 0.15) is 5.82 Å². The summed E-state index contributed by atoms with van der Waals surface area (Å²) in [5.74, 6) is 1.46. The van der Waals surface area contributed by atoms with Gasteiger partial charge in [-0.2, -0.15) is 15.4 Å². The molecule has 2 aromatic heterocycles. The number of piperidine rings is 1. The largest absolute Gasteiger partial charge is 0.337 e. The van der Waals surface area contributed by atoms with E-state index < -0.39 is 0 Å². The zero-order valence-corrected chi connectivity index (χ0v) is 12.4. The molecule has 1 amide bonds. The van der Waals surface area contributed by atoms with Crippen LogP contribution in [0.3, 0.4) is 0 Å². The molecule has 7 heteroatoms. The van der Waals surface area contributed by atoms with Crippen LogP contribution in [0.1, 0.15) is 34.8 Å². The molecule has 112 valence electrons. The Kier molecular flexibility index (Phi) is 3.72. The van der Waals surface area contributed by atoms with E-state index in [0.29, 0.717) is 17.3 Å². The third kappa shape index (κ3) is 2.81. The predicted molar refractivity (Wildman–Crippen MR) is 76.7 cm³/mol. The Morgan fingerprint density at radius 2 is 2.29 bits per heavy atom. The number of aromatic amines is 1. The van der Waals surface area contributed by atoms with Crippen LogP contribution in [0.4, 0.5) is 0 Å². The van der Waals surface area contributed by atoms with E-state index >= 15 is 0 Å². The van der Waals surface area contributed by atoms with Crippen molar-refractivity contribution >= 4 is 5.91 Å². The zero-order chi connectivity index (χ0) is 14.8. The molecule has 2 aromatic rings. The number of imidazole rings is 1. The van der Waals surface area contributed by atoms with Crippen molar-refractivity contribution in [3.05, 3.63) is 29.6 Å². The van der Waals surface area contributed by atoms with E-state index in [1.165, 1.54) is 0 Å². The van der Waals surface area contributed by atoms with Gasteiger partial charge in [-0.15, -0.1) is 0 Å². The van der Waals surface area contributed by atoms with Crippen LogP contribution >= 0.6 is 0 Å². The summed E-state index contributed by atoms with van der Waals surface area (Å²) in [6.07, 6.45) is 5.98. The first-order valence-corrected chi connectivity index (χ1v) is 7.29. The van der Waals surface area contributed by atoms with E-state index in [9.17, 15) is 4.79 Å². The number of amides is 1. The Morgan fingerprint density at radius 1 is 1.43 bits per heavy atom. The molecule has 1 fully saturated rings.